The van der Waals surface area contributed by atoms with E-state index in [0.717, 1.165) is 37.1 Å². The number of hydrogen-bond acceptors (Lipinski definition) is 3. The van der Waals surface area contributed by atoms with Crippen molar-refractivity contribution in [3.8, 4) is 0 Å². The van der Waals surface area contributed by atoms with Gasteiger partial charge >= 0.3 is 0 Å². The third kappa shape index (κ3) is 3.73. The maximum atomic E-state index is 3.02. The van der Waals surface area contributed by atoms with E-state index in [1.54, 1.807) is 38.5 Å². The zero-order valence-corrected chi connectivity index (χ0v) is 27.9. The fourth-order valence-electron chi connectivity index (χ4n) is 11.5. The second kappa shape index (κ2) is 10.0. The molecule has 2 nitrogen and oxygen atoms in total. The Bertz CT molecular complexity index is 1770. The van der Waals surface area contributed by atoms with Gasteiger partial charge in [-0.3, -0.25) is 0 Å². The van der Waals surface area contributed by atoms with Crippen molar-refractivity contribution in [2.75, 3.05) is 0 Å². The Morgan fingerprint density at radius 3 is 2.74 bits per heavy atom. The zero-order chi connectivity index (χ0) is 30.0. The summed E-state index contributed by atoms with van der Waals surface area (Å²) >= 11 is 2.16. The summed E-state index contributed by atoms with van der Waals surface area (Å²) in [5, 5.41) is 0.585. The third-order valence-electron chi connectivity index (χ3n) is 13.6. The number of thioether (sulfide) groups is 1. The van der Waals surface area contributed by atoms with E-state index >= 15 is 0 Å². The fraction of sp³-hybridized carbons (Fsp3) is 0.488. The lowest BCUT2D eigenvalue weighted by molar-refractivity contribution is 0.125. The van der Waals surface area contributed by atoms with Gasteiger partial charge in [-0.05, 0) is 109 Å². The van der Waals surface area contributed by atoms with Gasteiger partial charge in [0.25, 0.3) is 0 Å². The summed E-state index contributed by atoms with van der Waals surface area (Å²) in [4.78, 5) is 7.42. The van der Waals surface area contributed by atoms with Gasteiger partial charge < -0.3 is 9.80 Å². The summed E-state index contributed by atoms with van der Waals surface area (Å²) in [7, 11) is 0. The molecule has 4 fully saturated rings. The van der Waals surface area contributed by atoms with E-state index in [4.69, 9.17) is 0 Å². The first-order chi connectivity index (χ1) is 22.8. The van der Waals surface area contributed by atoms with Crippen molar-refractivity contribution in [2.24, 2.45) is 23.7 Å². The van der Waals surface area contributed by atoms with Gasteiger partial charge in [0, 0.05) is 57.6 Å². The molecule has 3 heterocycles. The van der Waals surface area contributed by atoms with Crippen molar-refractivity contribution in [3.63, 3.8) is 0 Å². The van der Waals surface area contributed by atoms with Gasteiger partial charge in [0.15, 0.2) is 0 Å². The second-order valence-electron chi connectivity index (χ2n) is 15.8. The summed E-state index contributed by atoms with van der Waals surface area (Å²) in [5.74, 6) is 2.50. The van der Waals surface area contributed by atoms with E-state index in [-0.39, 0.29) is 0 Å². The van der Waals surface area contributed by atoms with Crippen LogP contribution in [0.4, 0.5) is 0 Å². The maximum Gasteiger partial charge on any atom is 0.0629 e. The number of allylic oxidation sites excluding steroid dienone is 15. The van der Waals surface area contributed by atoms with Crippen molar-refractivity contribution in [1.29, 1.82) is 0 Å². The van der Waals surface area contributed by atoms with Crippen molar-refractivity contribution in [2.45, 2.75) is 106 Å². The normalized spacial score (nSPS) is 41.0. The standard InChI is InChI=1S/C43H46N2S/c1-4-14-35-30(11-1)33-24-27(19-21-36(33)44(35)39-16-9-18-41-42(39)32-13-3-6-17-40(32)46-41)28-20-22-38-34(25-28)31-12-2-5-15-37(31)45(38)43-23-8-7-10-29(43)26-43/h3,7,9-11,13-14,16,19,21-22,24-25,28-29,31,33,36-37,41H,1-2,4-6,8,12,15,17-18,20,23,26H2. The minimum atomic E-state index is 0.379. The van der Waals surface area contributed by atoms with Crippen LogP contribution in [0.5, 0.6) is 0 Å². The van der Waals surface area contributed by atoms with E-state index in [9.17, 15) is 0 Å². The molecule has 8 aliphatic carbocycles. The molecule has 2 saturated carbocycles. The summed E-state index contributed by atoms with van der Waals surface area (Å²) in [5.41, 5.74) is 13.1. The molecular weight excluding hydrogens is 577 g/mol. The van der Waals surface area contributed by atoms with Crippen LogP contribution in [0, 0.1) is 23.7 Å². The van der Waals surface area contributed by atoms with Crippen molar-refractivity contribution < 1.29 is 0 Å². The van der Waals surface area contributed by atoms with Crippen LogP contribution in [0.2, 0.25) is 0 Å². The van der Waals surface area contributed by atoms with Crippen molar-refractivity contribution in [1.82, 2.24) is 9.80 Å². The Morgan fingerprint density at radius 1 is 0.804 bits per heavy atom. The highest BCUT2D eigenvalue weighted by Crippen LogP contribution is 2.63. The molecule has 46 heavy (non-hydrogen) atoms. The monoisotopic (exact) mass is 622 g/mol. The van der Waals surface area contributed by atoms with Crippen LogP contribution < -0.4 is 0 Å². The Morgan fingerprint density at radius 2 is 1.76 bits per heavy atom. The minimum absolute atomic E-state index is 0.379. The van der Waals surface area contributed by atoms with Crippen LogP contribution in [0.25, 0.3) is 0 Å². The highest BCUT2D eigenvalue weighted by atomic mass is 32.2. The summed E-state index contributed by atoms with van der Waals surface area (Å²) in [6.45, 7) is 0. The van der Waals surface area contributed by atoms with Gasteiger partial charge in [-0.15, -0.1) is 11.8 Å². The Balaban J connectivity index is 0.942. The molecule has 2 saturated heterocycles. The molecule has 3 heteroatoms. The lowest BCUT2D eigenvalue weighted by Gasteiger charge is -2.41. The number of nitrogens with zero attached hydrogens (tertiary/aromatic N) is 2. The van der Waals surface area contributed by atoms with Gasteiger partial charge in [0.05, 0.1) is 6.04 Å². The van der Waals surface area contributed by atoms with Crippen LogP contribution in [0.3, 0.4) is 0 Å². The van der Waals surface area contributed by atoms with E-state index in [0.29, 0.717) is 28.7 Å². The molecule has 0 bridgehead atoms. The predicted octanol–water partition coefficient (Wildman–Crippen LogP) is 10.1. The average Bonchev–Trinajstić information content (AvgIpc) is 3.40. The molecule has 0 spiro atoms. The van der Waals surface area contributed by atoms with Crippen LogP contribution in [0.1, 0.15) is 83.5 Å². The highest BCUT2D eigenvalue weighted by Gasteiger charge is 2.62. The van der Waals surface area contributed by atoms with Gasteiger partial charge in [0.2, 0.25) is 0 Å². The van der Waals surface area contributed by atoms with Crippen LogP contribution in [-0.4, -0.2) is 32.7 Å². The summed E-state index contributed by atoms with van der Waals surface area (Å²) in [6.07, 6.45) is 50.0. The fourth-order valence-corrected chi connectivity index (χ4v) is 13.0. The van der Waals surface area contributed by atoms with Crippen molar-refractivity contribution >= 4 is 11.8 Å². The van der Waals surface area contributed by atoms with Gasteiger partial charge in [-0.25, -0.2) is 0 Å². The Hall–Kier alpha value is -2.91. The number of likely N-dealkylation sites (tertiary alicyclic amines) is 2. The van der Waals surface area contributed by atoms with Gasteiger partial charge in [0.1, 0.15) is 0 Å². The smallest absolute Gasteiger partial charge is 0.0629 e. The number of fused-ring (bicyclic) bond motifs is 9. The van der Waals surface area contributed by atoms with Gasteiger partial charge in [-0.2, -0.15) is 0 Å². The molecule has 0 radical (unpaired) electrons. The molecule has 8 unspecified atom stereocenters. The third-order valence-corrected chi connectivity index (χ3v) is 15.0. The molecule has 234 valence electrons. The minimum Gasteiger partial charge on any atom is -0.362 e. The van der Waals surface area contributed by atoms with E-state index < -0.39 is 0 Å². The highest BCUT2D eigenvalue weighted by molar-refractivity contribution is 8.04. The largest absolute Gasteiger partial charge is 0.362 e. The SMILES string of the molecule is C1=CC2=C(CC1)SC1CC=CC(N3C4=CCCC=C4C4C=C(C5C=C6C(=CC5)N(C57CCC=CC5C7)C5CCCCC65)C=CC43)=C21. The summed E-state index contributed by atoms with van der Waals surface area (Å²) < 4.78 is 0. The molecule has 8 atom stereocenters. The van der Waals surface area contributed by atoms with Crippen LogP contribution in [0.15, 0.2) is 129 Å². The van der Waals surface area contributed by atoms with Crippen LogP contribution >= 0.6 is 11.8 Å². The van der Waals surface area contributed by atoms with E-state index in [1.165, 1.54) is 75.6 Å². The molecule has 3 aliphatic heterocycles. The summed E-state index contributed by atoms with van der Waals surface area (Å²) in [6, 6.07) is 1.13. The number of hydrogen-bond donors (Lipinski definition) is 0. The second-order valence-corrected chi connectivity index (χ2v) is 17.1. The predicted molar refractivity (Wildman–Crippen MR) is 190 cm³/mol. The first kappa shape index (κ1) is 27.1. The van der Waals surface area contributed by atoms with Gasteiger partial charge in [-0.1, -0.05) is 85.8 Å². The average molecular weight is 623 g/mol. The zero-order valence-electron chi connectivity index (χ0n) is 27.0. The molecule has 11 aliphatic rings. The molecule has 0 amide bonds. The van der Waals surface area contributed by atoms with Crippen molar-refractivity contribution in [3.05, 3.63) is 129 Å². The molecule has 0 aromatic rings. The molecule has 0 aromatic heterocycles. The quantitative estimate of drug-likeness (QED) is 0.289. The maximum absolute atomic E-state index is 3.02. The lowest BCUT2D eigenvalue weighted by Crippen LogP contribution is -2.44. The first-order valence-electron chi connectivity index (χ1n) is 18.7. The van der Waals surface area contributed by atoms with E-state index in [2.05, 4.69) is 101 Å². The number of rotatable bonds is 3. The molecule has 0 aromatic carbocycles. The Labute approximate surface area is 279 Å². The topological polar surface area (TPSA) is 6.48 Å². The lowest BCUT2D eigenvalue weighted by atomic mass is 9.76. The molecule has 0 N–H and O–H groups in total. The first-order valence-corrected chi connectivity index (χ1v) is 19.6. The molecular formula is C43H46N2S. The van der Waals surface area contributed by atoms with Crippen LogP contribution in [-0.2, 0) is 0 Å². The molecule has 11 rings (SSSR count). The Kier molecular flexibility index (Phi) is 5.92. The van der Waals surface area contributed by atoms with E-state index in [1.807, 2.05) is 0 Å².